The number of aliphatic hydroxyl groups is 1. The molecule has 84 valence electrons. The van der Waals surface area contributed by atoms with Crippen molar-refractivity contribution in [2.45, 2.75) is 18.9 Å². The standard InChI is InChI=1S/C10H11F3O2/c1-15-9(10(11,12)13)8-4-2-3-7(5-8)6-14/h2-5,9,14H,6H2,1H3. The van der Waals surface area contributed by atoms with Gasteiger partial charge in [-0.1, -0.05) is 24.3 Å². The van der Waals surface area contributed by atoms with Gasteiger partial charge in [-0.25, -0.2) is 0 Å². The highest BCUT2D eigenvalue weighted by atomic mass is 19.4. The molecular formula is C10H11F3O2. The summed E-state index contributed by atoms with van der Waals surface area (Å²) >= 11 is 0. The Bertz CT molecular complexity index is 323. The van der Waals surface area contributed by atoms with Crippen LogP contribution in [0.5, 0.6) is 0 Å². The van der Waals surface area contributed by atoms with Crippen molar-refractivity contribution in [3.63, 3.8) is 0 Å². The molecule has 1 N–H and O–H groups in total. The summed E-state index contributed by atoms with van der Waals surface area (Å²) in [7, 11) is 1.00. The molecular weight excluding hydrogens is 209 g/mol. The first-order valence-corrected chi connectivity index (χ1v) is 4.28. The lowest BCUT2D eigenvalue weighted by Gasteiger charge is -2.19. The number of hydrogen-bond donors (Lipinski definition) is 1. The Kier molecular flexibility index (Phi) is 3.71. The molecule has 0 heterocycles. The Labute approximate surface area is 85.3 Å². The van der Waals surface area contributed by atoms with Crippen molar-refractivity contribution in [2.24, 2.45) is 0 Å². The first-order valence-electron chi connectivity index (χ1n) is 4.28. The molecule has 0 amide bonds. The fourth-order valence-corrected chi connectivity index (χ4v) is 1.31. The predicted molar refractivity (Wildman–Crippen MR) is 48.2 cm³/mol. The highest BCUT2D eigenvalue weighted by molar-refractivity contribution is 5.25. The summed E-state index contributed by atoms with van der Waals surface area (Å²) < 4.78 is 41.8. The van der Waals surface area contributed by atoms with E-state index in [1.807, 2.05) is 0 Å². The summed E-state index contributed by atoms with van der Waals surface area (Å²) in [6.45, 7) is -0.290. The highest BCUT2D eigenvalue weighted by Crippen LogP contribution is 2.35. The van der Waals surface area contributed by atoms with Crippen LogP contribution < -0.4 is 0 Å². The molecule has 15 heavy (non-hydrogen) atoms. The van der Waals surface area contributed by atoms with Gasteiger partial charge in [0.15, 0.2) is 6.10 Å². The van der Waals surface area contributed by atoms with E-state index in [-0.39, 0.29) is 12.2 Å². The van der Waals surface area contributed by atoms with Crippen molar-refractivity contribution in [3.05, 3.63) is 35.4 Å². The summed E-state index contributed by atoms with van der Waals surface area (Å²) in [5.41, 5.74) is 0.426. The first-order chi connectivity index (χ1) is 6.99. The summed E-state index contributed by atoms with van der Waals surface area (Å²) in [4.78, 5) is 0. The molecule has 5 heteroatoms. The average Bonchev–Trinajstić information content (AvgIpc) is 2.17. The van der Waals surface area contributed by atoms with Gasteiger partial charge in [-0.05, 0) is 11.1 Å². The van der Waals surface area contributed by atoms with Gasteiger partial charge in [0.2, 0.25) is 0 Å². The molecule has 0 aliphatic heterocycles. The van der Waals surface area contributed by atoms with Crippen LogP contribution in [0.4, 0.5) is 13.2 Å². The smallest absolute Gasteiger partial charge is 0.392 e. The van der Waals surface area contributed by atoms with Gasteiger partial charge in [-0.2, -0.15) is 13.2 Å². The number of aliphatic hydroxyl groups excluding tert-OH is 1. The molecule has 0 saturated heterocycles. The van der Waals surface area contributed by atoms with Crippen LogP contribution in [0.15, 0.2) is 24.3 Å². The number of methoxy groups -OCH3 is 1. The number of rotatable bonds is 3. The van der Waals surface area contributed by atoms with Crippen LogP contribution in [-0.2, 0) is 11.3 Å². The van der Waals surface area contributed by atoms with E-state index in [4.69, 9.17) is 5.11 Å². The third-order valence-electron chi connectivity index (χ3n) is 1.97. The summed E-state index contributed by atoms with van der Waals surface area (Å²) in [6.07, 6.45) is -6.38. The third-order valence-corrected chi connectivity index (χ3v) is 1.97. The second-order valence-corrected chi connectivity index (χ2v) is 3.06. The van der Waals surface area contributed by atoms with Crippen LogP contribution in [0.1, 0.15) is 17.2 Å². The van der Waals surface area contributed by atoms with Crippen LogP contribution in [0.3, 0.4) is 0 Å². The van der Waals surface area contributed by atoms with Crippen molar-refractivity contribution in [1.82, 2.24) is 0 Å². The maximum Gasteiger partial charge on any atom is 0.418 e. The normalized spacial score (nSPS) is 13.9. The zero-order valence-electron chi connectivity index (χ0n) is 8.08. The number of alkyl halides is 3. The molecule has 1 aromatic carbocycles. The van der Waals surface area contributed by atoms with Gasteiger partial charge >= 0.3 is 6.18 Å². The Hall–Kier alpha value is -1.07. The monoisotopic (exact) mass is 220 g/mol. The van der Waals surface area contributed by atoms with Crippen LogP contribution in [0, 0.1) is 0 Å². The van der Waals surface area contributed by atoms with Crippen molar-refractivity contribution in [2.75, 3.05) is 7.11 Å². The largest absolute Gasteiger partial charge is 0.418 e. The van der Waals surface area contributed by atoms with E-state index >= 15 is 0 Å². The minimum absolute atomic E-state index is 0.00319. The van der Waals surface area contributed by atoms with Gasteiger partial charge in [0.1, 0.15) is 0 Å². The van der Waals surface area contributed by atoms with Crippen molar-refractivity contribution >= 4 is 0 Å². The average molecular weight is 220 g/mol. The predicted octanol–water partition coefficient (Wildman–Crippen LogP) is 2.43. The summed E-state index contributed by atoms with van der Waals surface area (Å²) in [6, 6.07) is 5.60. The summed E-state index contributed by atoms with van der Waals surface area (Å²) in [5, 5.41) is 8.80. The molecule has 2 nitrogen and oxygen atoms in total. The first kappa shape index (κ1) is 12.0. The lowest BCUT2D eigenvalue weighted by Crippen LogP contribution is -2.22. The summed E-state index contributed by atoms with van der Waals surface area (Å²) in [5.74, 6) is 0. The number of halogens is 3. The van der Waals surface area contributed by atoms with Crippen LogP contribution >= 0.6 is 0 Å². The van der Waals surface area contributed by atoms with E-state index in [0.29, 0.717) is 5.56 Å². The van der Waals surface area contributed by atoms with Crippen LogP contribution in [0.25, 0.3) is 0 Å². The maximum atomic E-state index is 12.5. The minimum atomic E-state index is -4.44. The zero-order chi connectivity index (χ0) is 11.5. The number of hydrogen-bond acceptors (Lipinski definition) is 2. The Morgan fingerprint density at radius 1 is 1.40 bits per heavy atom. The van der Waals surface area contributed by atoms with E-state index in [9.17, 15) is 13.2 Å². The van der Waals surface area contributed by atoms with E-state index in [2.05, 4.69) is 4.74 Å². The highest BCUT2D eigenvalue weighted by Gasteiger charge is 2.41. The van der Waals surface area contributed by atoms with Gasteiger partial charge in [0.25, 0.3) is 0 Å². The molecule has 0 bridgehead atoms. The lowest BCUT2D eigenvalue weighted by atomic mass is 10.1. The molecule has 0 aliphatic carbocycles. The minimum Gasteiger partial charge on any atom is -0.392 e. The second kappa shape index (κ2) is 4.63. The van der Waals surface area contributed by atoms with Crippen molar-refractivity contribution in [1.29, 1.82) is 0 Å². The van der Waals surface area contributed by atoms with Crippen molar-refractivity contribution < 1.29 is 23.0 Å². The second-order valence-electron chi connectivity index (χ2n) is 3.06. The molecule has 1 atom stereocenters. The van der Waals surface area contributed by atoms with Gasteiger partial charge in [0, 0.05) is 7.11 Å². The van der Waals surface area contributed by atoms with E-state index in [1.54, 1.807) is 6.07 Å². The maximum absolute atomic E-state index is 12.5. The fourth-order valence-electron chi connectivity index (χ4n) is 1.31. The number of benzene rings is 1. The number of ether oxygens (including phenoxy) is 1. The Balaban J connectivity index is 3.02. The molecule has 0 spiro atoms. The van der Waals surface area contributed by atoms with Gasteiger partial charge < -0.3 is 9.84 Å². The molecule has 1 aromatic rings. The third kappa shape index (κ3) is 2.94. The topological polar surface area (TPSA) is 29.5 Å². The molecule has 0 fully saturated rings. The Morgan fingerprint density at radius 2 is 2.07 bits per heavy atom. The van der Waals surface area contributed by atoms with Gasteiger partial charge in [-0.3, -0.25) is 0 Å². The SMILES string of the molecule is COC(c1cccc(CO)c1)C(F)(F)F. The molecule has 0 radical (unpaired) electrons. The lowest BCUT2D eigenvalue weighted by molar-refractivity contribution is -0.216. The zero-order valence-corrected chi connectivity index (χ0v) is 8.08. The van der Waals surface area contributed by atoms with Crippen LogP contribution in [0.2, 0.25) is 0 Å². The Morgan fingerprint density at radius 3 is 2.53 bits per heavy atom. The molecule has 0 saturated carbocycles. The van der Waals surface area contributed by atoms with Crippen molar-refractivity contribution in [3.8, 4) is 0 Å². The molecule has 1 rings (SSSR count). The van der Waals surface area contributed by atoms with Gasteiger partial charge in [0.05, 0.1) is 6.61 Å². The van der Waals surface area contributed by atoms with Crippen LogP contribution in [-0.4, -0.2) is 18.4 Å². The van der Waals surface area contributed by atoms with Gasteiger partial charge in [-0.15, -0.1) is 0 Å². The van der Waals surface area contributed by atoms with E-state index < -0.39 is 12.3 Å². The molecule has 1 unspecified atom stereocenters. The molecule has 0 aromatic heterocycles. The van der Waals surface area contributed by atoms with E-state index in [0.717, 1.165) is 7.11 Å². The quantitative estimate of drug-likeness (QED) is 0.847. The van der Waals surface area contributed by atoms with E-state index in [1.165, 1.54) is 18.2 Å². The molecule has 0 aliphatic rings. The fraction of sp³-hybridized carbons (Fsp3) is 0.400.